The van der Waals surface area contributed by atoms with Gasteiger partial charge in [0.1, 0.15) is 11.4 Å². The van der Waals surface area contributed by atoms with E-state index in [0.29, 0.717) is 5.82 Å². The van der Waals surface area contributed by atoms with Crippen molar-refractivity contribution in [1.82, 2.24) is 4.57 Å². The van der Waals surface area contributed by atoms with Crippen molar-refractivity contribution in [2.24, 2.45) is 7.05 Å². The summed E-state index contributed by atoms with van der Waals surface area (Å²) in [6, 6.07) is 0. The van der Waals surface area contributed by atoms with E-state index in [-0.39, 0.29) is 5.56 Å². The fourth-order valence-corrected chi connectivity index (χ4v) is 1.24. The minimum absolute atomic E-state index is 0.218. The third kappa shape index (κ3) is 0.958. The summed E-state index contributed by atoms with van der Waals surface area (Å²) in [5, 5.41) is 8.79. The van der Waals surface area contributed by atoms with Crippen molar-refractivity contribution in [2.45, 2.75) is 13.8 Å². The van der Waals surface area contributed by atoms with Crippen LogP contribution in [-0.2, 0) is 7.05 Å². The highest BCUT2D eigenvalue weighted by Crippen LogP contribution is 2.22. The molecule has 1 rings (SSSR count). The van der Waals surface area contributed by atoms with E-state index >= 15 is 0 Å². The van der Waals surface area contributed by atoms with Gasteiger partial charge in [0.25, 0.3) is 0 Å². The largest absolute Gasteiger partial charge is 0.478 e. The fourth-order valence-electron chi connectivity index (χ4n) is 1.24. The molecule has 0 radical (unpaired) electrons. The van der Waals surface area contributed by atoms with Crippen molar-refractivity contribution in [3.05, 3.63) is 16.8 Å². The maximum Gasteiger partial charge on any atom is 0.339 e. The number of carboxylic acid groups (broad SMARTS) is 1. The van der Waals surface area contributed by atoms with Crippen molar-refractivity contribution < 1.29 is 9.90 Å². The first kappa shape index (κ1) is 8.64. The molecule has 0 saturated heterocycles. The summed E-state index contributed by atoms with van der Waals surface area (Å²) in [6.07, 6.45) is 0. The molecule has 1 aromatic rings. The van der Waals surface area contributed by atoms with Crippen LogP contribution >= 0.6 is 0 Å². The van der Waals surface area contributed by atoms with Gasteiger partial charge in [-0.05, 0) is 19.4 Å². The minimum Gasteiger partial charge on any atom is -0.478 e. The molecule has 0 unspecified atom stereocenters. The highest BCUT2D eigenvalue weighted by molar-refractivity contribution is 5.95. The Bertz CT molecular complexity index is 314. The number of aromatic nitrogens is 1. The lowest BCUT2D eigenvalue weighted by molar-refractivity contribution is 0.0697. The first-order valence-electron chi connectivity index (χ1n) is 3.61. The molecule has 3 N–H and O–H groups in total. The van der Waals surface area contributed by atoms with Crippen molar-refractivity contribution in [3.63, 3.8) is 0 Å². The van der Waals surface area contributed by atoms with Crippen LogP contribution in [0.2, 0.25) is 0 Å². The van der Waals surface area contributed by atoms with Crippen LogP contribution in [-0.4, -0.2) is 15.6 Å². The molecule has 0 spiro atoms. The number of aromatic carboxylic acids is 1. The molecule has 0 aromatic carbocycles. The molecule has 1 heterocycles. The van der Waals surface area contributed by atoms with Crippen LogP contribution in [0.25, 0.3) is 0 Å². The van der Waals surface area contributed by atoms with Crippen LogP contribution in [0, 0.1) is 13.8 Å². The molecule has 0 saturated carbocycles. The average molecular weight is 168 g/mol. The zero-order valence-corrected chi connectivity index (χ0v) is 7.38. The number of nitrogens with two attached hydrogens (primary N) is 1. The van der Waals surface area contributed by atoms with Gasteiger partial charge < -0.3 is 15.4 Å². The lowest BCUT2D eigenvalue weighted by atomic mass is 10.2. The molecule has 4 heteroatoms. The van der Waals surface area contributed by atoms with Gasteiger partial charge in [0.2, 0.25) is 0 Å². The summed E-state index contributed by atoms with van der Waals surface area (Å²) in [7, 11) is 1.75. The molecule has 0 aliphatic rings. The fraction of sp³-hybridized carbons (Fsp3) is 0.375. The first-order valence-corrected chi connectivity index (χ1v) is 3.61. The standard InChI is InChI=1S/C8H12N2O2/c1-4-5(2)10(3)7(9)6(4)8(11)12/h9H2,1-3H3,(H,11,12). The monoisotopic (exact) mass is 168 g/mol. The maximum atomic E-state index is 10.7. The number of hydrogen-bond acceptors (Lipinski definition) is 2. The molecule has 0 atom stereocenters. The number of anilines is 1. The van der Waals surface area contributed by atoms with Crippen LogP contribution in [0.15, 0.2) is 0 Å². The van der Waals surface area contributed by atoms with Crippen molar-refractivity contribution in [1.29, 1.82) is 0 Å². The highest BCUT2D eigenvalue weighted by atomic mass is 16.4. The Morgan fingerprint density at radius 3 is 2.17 bits per heavy atom. The Morgan fingerprint density at radius 1 is 1.50 bits per heavy atom. The van der Waals surface area contributed by atoms with E-state index in [0.717, 1.165) is 11.3 Å². The quantitative estimate of drug-likeness (QED) is 0.655. The second-order valence-corrected chi connectivity index (χ2v) is 2.83. The predicted molar refractivity (Wildman–Crippen MR) is 46.3 cm³/mol. The van der Waals surface area contributed by atoms with Gasteiger partial charge in [0.15, 0.2) is 0 Å². The summed E-state index contributed by atoms with van der Waals surface area (Å²) < 4.78 is 1.68. The molecule has 66 valence electrons. The van der Waals surface area contributed by atoms with E-state index in [9.17, 15) is 4.79 Å². The van der Waals surface area contributed by atoms with E-state index in [2.05, 4.69) is 0 Å². The molecule has 0 aliphatic carbocycles. The Balaban J connectivity index is 3.48. The van der Waals surface area contributed by atoms with E-state index < -0.39 is 5.97 Å². The van der Waals surface area contributed by atoms with Crippen LogP contribution in [0.3, 0.4) is 0 Å². The minimum atomic E-state index is -0.964. The molecule has 0 aliphatic heterocycles. The van der Waals surface area contributed by atoms with Gasteiger partial charge in [-0.25, -0.2) is 4.79 Å². The number of nitrogens with zero attached hydrogens (tertiary/aromatic N) is 1. The summed E-state index contributed by atoms with van der Waals surface area (Å²) in [6.45, 7) is 3.60. The Kier molecular flexibility index (Phi) is 1.84. The van der Waals surface area contributed by atoms with Crippen LogP contribution in [0.1, 0.15) is 21.6 Å². The van der Waals surface area contributed by atoms with Crippen LogP contribution in [0.5, 0.6) is 0 Å². The zero-order chi connectivity index (χ0) is 9.46. The first-order chi connectivity index (χ1) is 5.46. The lowest BCUT2D eigenvalue weighted by Gasteiger charge is -1.98. The molecule has 4 nitrogen and oxygen atoms in total. The average Bonchev–Trinajstić information content (AvgIpc) is 2.16. The second kappa shape index (κ2) is 2.55. The van der Waals surface area contributed by atoms with Crippen LogP contribution < -0.4 is 5.73 Å². The van der Waals surface area contributed by atoms with E-state index in [1.165, 1.54) is 0 Å². The summed E-state index contributed by atoms with van der Waals surface area (Å²) in [4.78, 5) is 10.7. The van der Waals surface area contributed by atoms with Gasteiger partial charge >= 0.3 is 5.97 Å². The van der Waals surface area contributed by atoms with Gasteiger partial charge in [-0.2, -0.15) is 0 Å². The Hall–Kier alpha value is -1.45. The molecule has 0 amide bonds. The molecular formula is C8H12N2O2. The molecular weight excluding hydrogens is 156 g/mol. The van der Waals surface area contributed by atoms with Crippen molar-refractivity contribution in [3.8, 4) is 0 Å². The number of carbonyl (C=O) groups is 1. The van der Waals surface area contributed by atoms with E-state index in [1.54, 1.807) is 18.5 Å². The van der Waals surface area contributed by atoms with E-state index in [4.69, 9.17) is 10.8 Å². The third-order valence-corrected chi connectivity index (χ3v) is 2.25. The van der Waals surface area contributed by atoms with Gasteiger partial charge in [-0.15, -0.1) is 0 Å². The summed E-state index contributed by atoms with van der Waals surface area (Å²) >= 11 is 0. The summed E-state index contributed by atoms with van der Waals surface area (Å²) in [5.41, 5.74) is 7.44. The topological polar surface area (TPSA) is 68.2 Å². The second-order valence-electron chi connectivity index (χ2n) is 2.83. The van der Waals surface area contributed by atoms with Crippen molar-refractivity contribution >= 4 is 11.8 Å². The summed E-state index contributed by atoms with van der Waals surface area (Å²) in [5.74, 6) is -0.647. The van der Waals surface area contributed by atoms with Crippen molar-refractivity contribution in [2.75, 3.05) is 5.73 Å². The van der Waals surface area contributed by atoms with Gasteiger partial charge in [-0.3, -0.25) is 0 Å². The lowest BCUT2D eigenvalue weighted by Crippen LogP contribution is -2.03. The number of carboxylic acids is 1. The normalized spacial score (nSPS) is 10.2. The molecule has 0 bridgehead atoms. The highest BCUT2D eigenvalue weighted by Gasteiger charge is 2.18. The van der Waals surface area contributed by atoms with Gasteiger partial charge in [0.05, 0.1) is 0 Å². The SMILES string of the molecule is Cc1c(C(=O)O)c(N)n(C)c1C. The number of hydrogen-bond donors (Lipinski definition) is 2. The molecule has 12 heavy (non-hydrogen) atoms. The smallest absolute Gasteiger partial charge is 0.339 e. The van der Waals surface area contributed by atoms with E-state index in [1.807, 2.05) is 6.92 Å². The number of rotatable bonds is 1. The Morgan fingerprint density at radius 2 is 2.00 bits per heavy atom. The van der Waals surface area contributed by atoms with Crippen LogP contribution in [0.4, 0.5) is 5.82 Å². The van der Waals surface area contributed by atoms with Gasteiger partial charge in [0, 0.05) is 12.7 Å². The zero-order valence-electron chi connectivity index (χ0n) is 7.38. The predicted octanol–water partition coefficient (Wildman–Crippen LogP) is 0.922. The van der Waals surface area contributed by atoms with Gasteiger partial charge in [-0.1, -0.05) is 0 Å². The number of nitrogen functional groups attached to an aromatic ring is 1. The molecule has 1 aromatic heterocycles. The molecule has 0 fully saturated rings. The third-order valence-electron chi connectivity index (χ3n) is 2.25. The maximum absolute atomic E-state index is 10.7. The Labute approximate surface area is 70.6 Å².